The van der Waals surface area contributed by atoms with Crippen molar-refractivity contribution < 1.29 is 19.0 Å². The Kier molecular flexibility index (Phi) is 6.46. The van der Waals surface area contributed by atoms with Crippen molar-refractivity contribution in [1.82, 2.24) is 9.97 Å². The Balaban J connectivity index is 2.52. The number of halogens is 3. The molecule has 0 fully saturated rings. The summed E-state index contributed by atoms with van der Waals surface area (Å²) in [6.45, 7) is 3.46. The summed E-state index contributed by atoms with van der Waals surface area (Å²) in [6.07, 6.45) is 1.08. The lowest BCUT2D eigenvalue weighted by molar-refractivity contribution is -0.137. The molecule has 0 atom stereocenters. The highest BCUT2D eigenvalue weighted by molar-refractivity contribution is 7.13. The minimum absolute atomic E-state index is 0.0702. The number of aliphatic imine (C=N–C) groups is 1. The molecule has 0 spiro atoms. The molecule has 2 rings (SSSR count). The average molecular weight is 404 g/mol. The van der Waals surface area contributed by atoms with Gasteiger partial charge in [0.1, 0.15) is 16.5 Å². The number of aliphatic hydroxyl groups is 1. The first-order chi connectivity index (χ1) is 11.8. The van der Waals surface area contributed by atoms with Crippen molar-refractivity contribution in [2.24, 2.45) is 4.99 Å². The molecule has 0 amide bonds. The quantitative estimate of drug-likeness (QED) is 0.260. The molecule has 10 heteroatoms. The largest absolute Gasteiger partial charge is 0.506 e. The van der Waals surface area contributed by atoms with Crippen LogP contribution in [0.3, 0.4) is 0 Å². The lowest BCUT2D eigenvalue weighted by Gasteiger charge is -2.08. The molecule has 6 nitrogen and oxygen atoms in total. The van der Waals surface area contributed by atoms with Crippen LogP contribution in [0.15, 0.2) is 22.0 Å². The molecule has 0 unspecified atom stereocenters. The number of ether oxygens (including phenoxy) is 1. The number of aryl methyl sites for hydroxylation is 1. The predicted molar refractivity (Wildman–Crippen MR) is 95.4 cm³/mol. The Morgan fingerprint density at radius 3 is 2.76 bits per heavy atom. The number of carbonyl (C=O) groups is 1. The van der Waals surface area contributed by atoms with Crippen molar-refractivity contribution in [2.75, 3.05) is 6.61 Å². The van der Waals surface area contributed by atoms with Crippen LogP contribution in [-0.4, -0.2) is 33.9 Å². The molecule has 0 aromatic carbocycles. The molecule has 2 heterocycles. The third-order valence-electron chi connectivity index (χ3n) is 2.80. The summed E-state index contributed by atoms with van der Waals surface area (Å²) >= 11 is 12.7. The van der Waals surface area contributed by atoms with Gasteiger partial charge < -0.3 is 9.84 Å². The summed E-state index contributed by atoms with van der Waals surface area (Å²) in [5.41, 5.74) is 0.226. The van der Waals surface area contributed by atoms with Crippen molar-refractivity contribution in [2.45, 2.75) is 13.8 Å². The standard InChI is InChI=1S/C15H12Cl2FN3O3S/c1-3-24-14(23)9(5-19-15-20-7(2)6-25-15)11(22)8-4-10(18)13(17)21-12(8)16/h4-6,22H,3H2,1-2H3/b11-9+,19-5+. The third-order valence-corrected chi connectivity index (χ3v) is 4.22. The van der Waals surface area contributed by atoms with Crippen LogP contribution < -0.4 is 0 Å². The van der Waals surface area contributed by atoms with Crippen molar-refractivity contribution >= 4 is 57.6 Å². The summed E-state index contributed by atoms with van der Waals surface area (Å²) < 4.78 is 18.5. The average Bonchev–Trinajstić information content (AvgIpc) is 2.96. The molecule has 0 aliphatic carbocycles. The van der Waals surface area contributed by atoms with E-state index in [9.17, 15) is 14.3 Å². The molecule has 0 aliphatic rings. The number of hydrogen-bond donors (Lipinski definition) is 1. The van der Waals surface area contributed by atoms with Crippen LogP contribution in [0.1, 0.15) is 18.2 Å². The fourth-order valence-electron chi connectivity index (χ4n) is 1.70. The Hall–Kier alpha value is -2.03. The van der Waals surface area contributed by atoms with E-state index in [2.05, 4.69) is 15.0 Å². The maximum absolute atomic E-state index is 13.6. The zero-order valence-electron chi connectivity index (χ0n) is 13.1. The second-order valence-corrected chi connectivity index (χ2v) is 6.16. The van der Waals surface area contributed by atoms with Crippen molar-refractivity contribution in [3.05, 3.63) is 44.4 Å². The van der Waals surface area contributed by atoms with Gasteiger partial charge in [0.15, 0.2) is 11.0 Å². The third kappa shape index (κ3) is 4.75. The van der Waals surface area contributed by atoms with Crippen LogP contribution in [0.2, 0.25) is 10.3 Å². The molecule has 2 aromatic rings. The fourth-order valence-corrected chi connectivity index (χ4v) is 2.75. The van der Waals surface area contributed by atoms with Crippen molar-refractivity contribution in [3.63, 3.8) is 0 Å². The Morgan fingerprint density at radius 2 is 2.16 bits per heavy atom. The smallest absolute Gasteiger partial charge is 0.343 e. The predicted octanol–water partition coefficient (Wildman–Crippen LogP) is 4.53. The normalized spacial score (nSPS) is 12.4. The zero-order valence-corrected chi connectivity index (χ0v) is 15.4. The number of thiazole rings is 1. The van der Waals surface area contributed by atoms with Gasteiger partial charge in [-0.1, -0.05) is 23.2 Å². The number of aliphatic hydroxyl groups excluding tert-OH is 1. The minimum atomic E-state index is -0.900. The summed E-state index contributed by atoms with van der Waals surface area (Å²) in [4.78, 5) is 23.8. The molecule has 0 bridgehead atoms. The van der Waals surface area contributed by atoms with E-state index in [4.69, 9.17) is 27.9 Å². The molecular weight excluding hydrogens is 392 g/mol. The number of rotatable bonds is 5. The van der Waals surface area contributed by atoms with E-state index in [1.807, 2.05) is 0 Å². The van der Waals surface area contributed by atoms with E-state index >= 15 is 0 Å². The lowest BCUT2D eigenvalue weighted by Crippen LogP contribution is -2.11. The minimum Gasteiger partial charge on any atom is -0.506 e. The SMILES string of the molecule is CCOC(=O)C(/C=N/c1nc(C)cs1)=C(/O)c1cc(F)c(Cl)nc1Cl. The van der Waals surface area contributed by atoms with Crippen LogP contribution in [0.5, 0.6) is 0 Å². The van der Waals surface area contributed by atoms with Gasteiger partial charge >= 0.3 is 5.97 Å². The van der Waals surface area contributed by atoms with E-state index in [0.29, 0.717) is 5.13 Å². The van der Waals surface area contributed by atoms with Gasteiger partial charge in [0.2, 0.25) is 5.13 Å². The van der Waals surface area contributed by atoms with Crippen LogP contribution >= 0.6 is 34.5 Å². The van der Waals surface area contributed by atoms with Crippen LogP contribution in [0.4, 0.5) is 9.52 Å². The molecule has 0 saturated heterocycles. The van der Waals surface area contributed by atoms with E-state index in [-0.39, 0.29) is 22.9 Å². The first-order valence-corrected chi connectivity index (χ1v) is 8.55. The van der Waals surface area contributed by atoms with Gasteiger partial charge in [0.05, 0.1) is 17.9 Å². The van der Waals surface area contributed by atoms with Gasteiger partial charge in [-0.15, -0.1) is 11.3 Å². The second-order valence-electron chi connectivity index (χ2n) is 4.61. The van der Waals surface area contributed by atoms with Crippen molar-refractivity contribution in [1.29, 1.82) is 0 Å². The lowest BCUT2D eigenvalue weighted by atomic mass is 10.1. The second kappa shape index (κ2) is 8.37. The molecule has 132 valence electrons. The summed E-state index contributed by atoms with van der Waals surface area (Å²) in [5.74, 6) is -2.39. The molecule has 1 N–H and O–H groups in total. The highest BCUT2D eigenvalue weighted by atomic mass is 35.5. The summed E-state index contributed by atoms with van der Waals surface area (Å²) in [7, 11) is 0. The van der Waals surface area contributed by atoms with Gasteiger partial charge in [-0.3, -0.25) is 0 Å². The Labute approximate surface area is 156 Å². The van der Waals surface area contributed by atoms with E-state index in [1.165, 1.54) is 11.3 Å². The highest BCUT2D eigenvalue weighted by Gasteiger charge is 2.20. The Bertz CT molecular complexity index is 868. The van der Waals surface area contributed by atoms with E-state index in [1.54, 1.807) is 19.2 Å². The molecule has 0 saturated carbocycles. The van der Waals surface area contributed by atoms with E-state index < -0.39 is 22.7 Å². The number of carbonyl (C=O) groups excluding carboxylic acids is 1. The topological polar surface area (TPSA) is 84.7 Å². The number of hydrogen-bond acceptors (Lipinski definition) is 7. The maximum Gasteiger partial charge on any atom is 0.343 e. The van der Waals surface area contributed by atoms with Gasteiger partial charge in [-0.2, -0.15) is 0 Å². The van der Waals surface area contributed by atoms with Gasteiger partial charge in [0, 0.05) is 11.6 Å². The summed E-state index contributed by atoms with van der Waals surface area (Å²) in [5, 5.41) is 11.8. The number of esters is 1. The number of pyridine rings is 1. The molecule has 2 aromatic heterocycles. The monoisotopic (exact) mass is 403 g/mol. The molecular formula is C15H12Cl2FN3O3S. The Morgan fingerprint density at radius 1 is 1.44 bits per heavy atom. The fraction of sp³-hybridized carbons (Fsp3) is 0.200. The van der Waals surface area contributed by atoms with Crippen LogP contribution in [0, 0.1) is 12.7 Å². The summed E-state index contributed by atoms with van der Waals surface area (Å²) in [6, 6.07) is 0.869. The van der Waals surface area contributed by atoms with Crippen molar-refractivity contribution in [3.8, 4) is 0 Å². The van der Waals surface area contributed by atoms with Crippen LogP contribution in [0.25, 0.3) is 5.76 Å². The van der Waals surface area contributed by atoms with Gasteiger partial charge in [-0.05, 0) is 19.9 Å². The molecule has 0 radical (unpaired) electrons. The number of nitrogens with zero attached hydrogens (tertiary/aromatic N) is 3. The van der Waals surface area contributed by atoms with Gasteiger partial charge in [0.25, 0.3) is 0 Å². The molecule has 25 heavy (non-hydrogen) atoms. The maximum atomic E-state index is 13.6. The zero-order chi connectivity index (χ0) is 18.6. The number of aromatic nitrogens is 2. The first kappa shape index (κ1) is 19.3. The first-order valence-electron chi connectivity index (χ1n) is 6.92. The van der Waals surface area contributed by atoms with Crippen LogP contribution in [-0.2, 0) is 9.53 Å². The highest BCUT2D eigenvalue weighted by Crippen LogP contribution is 2.27. The molecule has 0 aliphatic heterocycles. The van der Waals surface area contributed by atoms with E-state index in [0.717, 1.165) is 18.0 Å². The van der Waals surface area contributed by atoms with Gasteiger partial charge in [-0.25, -0.2) is 24.1 Å².